The standard InChI is InChI=1S/C28H23FN4O4/c1-16-30-24-11-8-20(13-25(24)37-16)33(19-6-7-19)26(34)15-32-28(35)23-14-21(36-2)9-10-22(23)27(31-32)17-4-3-5-18(29)12-17/h3-5,8-14,19H,6-7,15H2,1-2H3. The number of anilines is 1. The van der Waals surface area contributed by atoms with E-state index < -0.39 is 11.4 Å². The Labute approximate surface area is 210 Å². The van der Waals surface area contributed by atoms with Crippen molar-refractivity contribution in [1.29, 1.82) is 0 Å². The second kappa shape index (κ2) is 8.85. The Hall–Kier alpha value is -4.53. The minimum Gasteiger partial charge on any atom is -0.497 e. The van der Waals surface area contributed by atoms with E-state index in [0.29, 0.717) is 50.5 Å². The van der Waals surface area contributed by atoms with E-state index in [9.17, 15) is 14.0 Å². The first kappa shape index (κ1) is 22.9. The van der Waals surface area contributed by atoms with E-state index in [1.165, 1.54) is 19.2 Å². The first-order valence-electron chi connectivity index (χ1n) is 12.0. The molecule has 1 aliphatic carbocycles. The lowest BCUT2D eigenvalue weighted by atomic mass is 10.0. The summed E-state index contributed by atoms with van der Waals surface area (Å²) in [4.78, 5) is 33.1. The highest BCUT2D eigenvalue weighted by molar-refractivity contribution is 5.97. The van der Waals surface area contributed by atoms with Crippen LogP contribution < -0.4 is 15.2 Å². The van der Waals surface area contributed by atoms with Crippen molar-refractivity contribution in [2.24, 2.45) is 0 Å². The van der Waals surface area contributed by atoms with Gasteiger partial charge in [-0.3, -0.25) is 9.59 Å². The van der Waals surface area contributed by atoms with Gasteiger partial charge < -0.3 is 14.1 Å². The number of amides is 1. The minimum atomic E-state index is -0.431. The summed E-state index contributed by atoms with van der Waals surface area (Å²) >= 11 is 0. The molecule has 0 radical (unpaired) electrons. The van der Waals surface area contributed by atoms with Gasteiger partial charge >= 0.3 is 0 Å². The van der Waals surface area contributed by atoms with Gasteiger partial charge in [0.1, 0.15) is 23.6 Å². The van der Waals surface area contributed by atoms with Gasteiger partial charge in [-0.25, -0.2) is 14.1 Å². The first-order chi connectivity index (χ1) is 17.9. The van der Waals surface area contributed by atoms with Crippen LogP contribution in [0.4, 0.5) is 10.1 Å². The van der Waals surface area contributed by atoms with E-state index in [1.54, 1.807) is 48.2 Å². The molecule has 2 heterocycles. The van der Waals surface area contributed by atoms with E-state index in [2.05, 4.69) is 10.1 Å². The predicted molar refractivity (Wildman–Crippen MR) is 137 cm³/mol. The van der Waals surface area contributed by atoms with Crippen molar-refractivity contribution in [1.82, 2.24) is 14.8 Å². The maximum Gasteiger partial charge on any atom is 0.275 e. The number of fused-ring (bicyclic) bond motifs is 2. The summed E-state index contributed by atoms with van der Waals surface area (Å²) in [5.74, 6) is 0.339. The van der Waals surface area contributed by atoms with E-state index in [0.717, 1.165) is 17.5 Å². The number of ether oxygens (including phenoxy) is 1. The minimum absolute atomic E-state index is 0.0351. The Balaban J connectivity index is 1.44. The quantitative estimate of drug-likeness (QED) is 0.332. The molecule has 9 heteroatoms. The lowest BCUT2D eigenvalue weighted by molar-refractivity contribution is -0.119. The third kappa shape index (κ3) is 4.22. The lowest BCUT2D eigenvalue weighted by Crippen LogP contribution is -2.39. The van der Waals surface area contributed by atoms with E-state index in [4.69, 9.17) is 9.15 Å². The van der Waals surface area contributed by atoms with Crippen LogP contribution in [-0.4, -0.2) is 33.8 Å². The fourth-order valence-corrected chi connectivity index (χ4v) is 4.62. The number of carbonyl (C=O) groups is 1. The molecule has 0 saturated heterocycles. The number of oxazole rings is 1. The number of benzene rings is 3. The number of aryl methyl sites for hydroxylation is 1. The van der Waals surface area contributed by atoms with Gasteiger partial charge in [-0.1, -0.05) is 12.1 Å². The summed E-state index contributed by atoms with van der Waals surface area (Å²) in [6.45, 7) is 1.49. The van der Waals surface area contributed by atoms with Crippen molar-refractivity contribution in [2.75, 3.05) is 12.0 Å². The van der Waals surface area contributed by atoms with E-state index in [-0.39, 0.29) is 18.5 Å². The molecule has 186 valence electrons. The molecular formula is C28H23FN4O4. The monoisotopic (exact) mass is 498 g/mol. The summed E-state index contributed by atoms with van der Waals surface area (Å²) < 4.78 is 26.2. The molecule has 6 rings (SSSR count). The molecule has 37 heavy (non-hydrogen) atoms. The molecule has 2 aromatic heterocycles. The highest BCUT2D eigenvalue weighted by Gasteiger charge is 2.34. The van der Waals surface area contributed by atoms with E-state index in [1.807, 2.05) is 12.1 Å². The molecule has 0 unspecified atom stereocenters. The third-order valence-corrected chi connectivity index (χ3v) is 6.49. The number of hydrogen-bond acceptors (Lipinski definition) is 6. The van der Waals surface area contributed by atoms with Gasteiger partial charge in [0.15, 0.2) is 11.5 Å². The average Bonchev–Trinajstić information content (AvgIpc) is 3.65. The third-order valence-electron chi connectivity index (χ3n) is 6.49. The Kier molecular flexibility index (Phi) is 5.48. The predicted octanol–water partition coefficient (Wildman–Crippen LogP) is 4.86. The number of nitrogens with zero attached hydrogens (tertiary/aromatic N) is 4. The maximum absolute atomic E-state index is 14.1. The fraction of sp³-hybridized carbons (Fsp3) is 0.214. The fourth-order valence-electron chi connectivity index (χ4n) is 4.62. The van der Waals surface area contributed by atoms with Crippen LogP contribution in [0.3, 0.4) is 0 Å². The van der Waals surface area contributed by atoms with Crippen LogP contribution >= 0.6 is 0 Å². The molecule has 8 nitrogen and oxygen atoms in total. The van der Waals surface area contributed by atoms with Crippen LogP contribution in [0.15, 0.2) is 69.9 Å². The number of carbonyl (C=O) groups excluding carboxylic acids is 1. The van der Waals surface area contributed by atoms with Gasteiger partial charge in [0.25, 0.3) is 5.56 Å². The van der Waals surface area contributed by atoms with Gasteiger partial charge in [0.2, 0.25) is 5.91 Å². The Morgan fingerprint density at radius 3 is 2.73 bits per heavy atom. The molecule has 0 aliphatic heterocycles. The number of hydrogen-bond donors (Lipinski definition) is 0. The summed E-state index contributed by atoms with van der Waals surface area (Å²) in [5.41, 5.74) is 2.46. The van der Waals surface area contributed by atoms with Crippen molar-refractivity contribution in [3.8, 4) is 17.0 Å². The second-order valence-electron chi connectivity index (χ2n) is 9.11. The molecule has 1 saturated carbocycles. The van der Waals surface area contributed by atoms with Crippen molar-refractivity contribution in [3.63, 3.8) is 0 Å². The van der Waals surface area contributed by atoms with Crippen molar-refractivity contribution in [3.05, 3.63) is 82.7 Å². The van der Waals surface area contributed by atoms with Gasteiger partial charge in [0.05, 0.1) is 18.2 Å². The van der Waals surface area contributed by atoms with Crippen LogP contribution in [0.5, 0.6) is 5.75 Å². The largest absolute Gasteiger partial charge is 0.497 e. The first-order valence-corrected chi connectivity index (χ1v) is 12.0. The zero-order valence-corrected chi connectivity index (χ0v) is 20.3. The summed E-state index contributed by atoms with van der Waals surface area (Å²) in [7, 11) is 1.51. The molecule has 5 aromatic rings. The van der Waals surface area contributed by atoms with Crippen LogP contribution in [0.25, 0.3) is 33.1 Å². The van der Waals surface area contributed by atoms with Crippen LogP contribution in [0.1, 0.15) is 18.7 Å². The molecular weight excluding hydrogens is 475 g/mol. The smallest absolute Gasteiger partial charge is 0.275 e. The summed E-state index contributed by atoms with van der Waals surface area (Å²) in [6, 6.07) is 16.5. The molecule has 1 amide bonds. The van der Waals surface area contributed by atoms with Gasteiger partial charge in [-0.05, 0) is 55.3 Å². The Morgan fingerprint density at radius 1 is 1.14 bits per heavy atom. The molecule has 0 N–H and O–H groups in total. The molecule has 0 spiro atoms. The number of rotatable bonds is 6. The van der Waals surface area contributed by atoms with Crippen LogP contribution in [-0.2, 0) is 11.3 Å². The van der Waals surface area contributed by atoms with Crippen molar-refractivity contribution < 1.29 is 18.3 Å². The highest BCUT2D eigenvalue weighted by atomic mass is 19.1. The van der Waals surface area contributed by atoms with Crippen LogP contribution in [0, 0.1) is 12.7 Å². The Bertz CT molecular complexity index is 1740. The normalized spacial score (nSPS) is 13.3. The zero-order chi connectivity index (χ0) is 25.7. The number of aromatic nitrogens is 3. The number of halogens is 1. The highest BCUT2D eigenvalue weighted by Crippen LogP contribution is 2.34. The van der Waals surface area contributed by atoms with Crippen LogP contribution in [0.2, 0.25) is 0 Å². The second-order valence-corrected chi connectivity index (χ2v) is 9.11. The SMILES string of the molecule is COc1ccc2c(-c3cccc(F)c3)nn(CC(=O)N(c3ccc4nc(C)oc4c3)C3CC3)c(=O)c2c1. The van der Waals surface area contributed by atoms with Gasteiger partial charge in [0, 0.05) is 35.7 Å². The molecule has 3 aromatic carbocycles. The molecule has 1 fully saturated rings. The van der Waals surface area contributed by atoms with Gasteiger partial charge in [-0.15, -0.1) is 0 Å². The average molecular weight is 499 g/mol. The maximum atomic E-state index is 14.1. The molecule has 0 bridgehead atoms. The summed E-state index contributed by atoms with van der Waals surface area (Å²) in [5, 5.41) is 5.41. The van der Waals surface area contributed by atoms with Crippen molar-refractivity contribution in [2.45, 2.75) is 32.4 Å². The van der Waals surface area contributed by atoms with E-state index >= 15 is 0 Å². The number of methoxy groups -OCH3 is 1. The van der Waals surface area contributed by atoms with Gasteiger partial charge in [-0.2, -0.15) is 5.10 Å². The zero-order valence-electron chi connectivity index (χ0n) is 20.3. The lowest BCUT2D eigenvalue weighted by Gasteiger charge is -2.23. The topological polar surface area (TPSA) is 90.5 Å². The molecule has 1 aliphatic rings. The van der Waals surface area contributed by atoms with Crippen molar-refractivity contribution >= 4 is 33.5 Å². The summed E-state index contributed by atoms with van der Waals surface area (Å²) in [6.07, 6.45) is 1.73. The molecule has 0 atom stereocenters. The Morgan fingerprint density at radius 2 is 1.97 bits per heavy atom.